The van der Waals surface area contributed by atoms with Crippen molar-refractivity contribution >= 4 is 21.7 Å². The maximum Gasteiger partial charge on any atom is 0.139 e. The number of rotatable bonds is 0. The molecule has 0 aromatic carbocycles. The third-order valence-corrected chi connectivity index (χ3v) is 3.51. The number of aromatic nitrogens is 2. The summed E-state index contributed by atoms with van der Waals surface area (Å²) in [6.45, 7) is 9.79. The van der Waals surface area contributed by atoms with Crippen molar-refractivity contribution in [2.45, 2.75) is 52.1 Å². The molecule has 15 heavy (non-hydrogen) atoms. The van der Waals surface area contributed by atoms with Gasteiger partial charge in [-0.25, -0.2) is 4.68 Å². The molecular formula is C11H18BrN3. The Labute approximate surface area is 99.4 Å². The van der Waals surface area contributed by atoms with E-state index in [0.29, 0.717) is 6.04 Å². The van der Waals surface area contributed by atoms with Gasteiger partial charge in [-0.05, 0) is 29.3 Å². The Kier molecular flexibility index (Phi) is 2.57. The van der Waals surface area contributed by atoms with Crippen LogP contribution in [-0.2, 0) is 12.0 Å². The van der Waals surface area contributed by atoms with Crippen molar-refractivity contribution in [3.63, 3.8) is 0 Å². The number of anilines is 1. The molecular weight excluding hydrogens is 254 g/mol. The first-order valence-electron chi connectivity index (χ1n) is 5.43. The first-order chi connectivity index (χ1) is 6.89. The highest BCUT2D eigenvalue weighted by molar-refractivity contribution is 9.10. The first kappa shape index (κ1) is 11.0. The molecule has 0 radical (unpaired) electrons. The van der Waals surface area contributed by atoms with Gasteiger partial charge in [-0.1, -0.05) is 20.8 Å². The van der Waals surface area contributed by atoms with Crippen molar-refractivity contribution in [1.82, 2.24) is 9.78 Å². The molecule has 1 aromatic heterocycles. The lowest BCUT2D eigenvalue weighted by Crippen LogP contribution is -2.26. The first-order valence-corrected chi connectivity index (χ1v) is 6.22. The fraction of sp³-hybridized carbons (Fsp3) is 0.727. The van der Waals surface area contributed by atoms with Crippen LogP contribution in [0.2, 0.25) is 0 Å². The van der Waals surface area contributed by atoms with Gasteiger partial charge in [0, 0.05) is 18.0 Å². The van der Waals surface area contributed by atoms with Gasteiger partial charge in [-0.15, -0.1) is 0 Å². The number of aryl methyl sites for hydroxylation is 1. The molecule has 0 aliphatic carbocycles. The highest BCUT2D eigenvalue weighted by atomic mass is 79.9. The molecule has 1 aliphatic rings. The Morgan fingerprint density at radius 1 is 1.47 bits per heavy atom. The molecule has 4 heteroatoms. The van der Waals surface area contributed by atoms with Gasteiger partial charge in [0.2, 0.25) is 0 Å². The molecule has 3 nitrogen and oxygen atoms in total. The van der Waals surface area contributed by atoms with Crippen LogP contribution in [-0.4, -0.2) is 15.8 Å². The number of nitrogens with one attached hydrogen (secondary N) is 1. The molecule has 1 atom stereocenters. The van der Waals surface area contributed by atoms with E-state index in [-0.39, 0.29) is 5.41 Å². The lowest BCUT2D eigenvalue weighted by Gasteiger charge is -2.22. The van der Waals surface area contributed by atoms with Gasteiger partial charge in [-0.2, -0.15) is 5.10 Å². The number of hydrogen-bond donors (Lipinski definition) is 1. The number of nitrogens with zero attached hydrogens (tertiary/aromatic N) is 2. The zero-order valence-electron chi connectivity index (χ0n) is 9.76. The van der Waals surface area contributed by atoms with Gasteiger partial charge >= 0.3 is 0 Å². The average Bonchev–Trinajstić information content (AvgIpc) is 2.43. The predicted octanol–water partition coefficient (Wildman–Crippen LogP) is 3.15. The number of fused-ring (bicyclic) bond motifs is 1. The Bertz CT molecular complexity index is 376. The Hall–Kier alpha value is -0.510. The van der Waals surface area contributed by atoms with Gasteiger partial charge in [-0.3, -0.25) is 0 Å². The molecule has 1 aromatic rings. The smallest absolute Gasteiger partial charge is 0.139 e. The summed E-state index contributed by atoms with van der Waals surface area (Å²) in [7, 11) is 0. The minimum Gasteiger partial charge on any atom is -0.367 e. The van der Waals surface area contributed by atoms with Crippen LogP contribution in [0.4, 0.5) is 5.82 Å². The van der Waals surface area contributed by atoms with Crippen LogP contribution >= 0.6 is 15.9 Å². The maximum absolute atomic E-state index is 4.66. The lowest BCUT2D eigenvalue weighted by molar-refractivity contribution is 0.489. The summed E-state index contributed by atoms with van der Waals surface area (Å²) in [5.41, 5.74) is 1.23. The van der Waals surface area contributed by atoms with E-state index >= 15 is 0 Å². The van der Waals surface area contributed by atoms with Crippen molar-refractivity contribution in [3.05, 3.63) is 10.2 Å². The van der Waals surface area contributed by atoms with Crippen LogP contribution in [0.1, 0.15) is 39.8 Å². The van der Waals surface area contributed by atoms with E-state index in [4.69, 9.17) is 0 Å². The number of hydrogen-bond acceptors (Lipinski definition) is 2. The monoisotopic (exact) mass is 271 g/mol. The molecule has 0 amide bonds. The highest BCUT2D eigenvalue weighted by Crippen LogP contribution is 2.36. The molecule has 2 heterocycles. The minimum absolute atomic E-state index is 0.0914. The van der Waals surface area contributed by atoms with Gasteiger partial charge < -0.3 is 5.32 Å². The molecule has 1 N–H and O–H groups in total. The van der Waals surface area contributed by atoms with E-state index in [1.807, 2.05) is 0 Å². The summed E-state index contributed by atoms with van der Waals surface area (Å²) in [5, 5.41) is 8.14. The molecule has 0 saturated heterocycles. The second-order valence-electron chi connectivity index (χ2n) is 5.32. The van der Waals surface area contributed by atoms with Crippen LogP contribution in [0.15, 0.2) is 4.47 Å². The van der Waals surface area contributed by atoms with Crippen LogP contribution in [0, 0.1) is 0 Å². The standard InChI is InChI=1S/C11H18BrN3/c1-7-5-6-15-10(13-7)8(12)9(14-15)11(2,3)4/h7,13H,5-6H2,1-4H3. The van der Waals surface area contributed by atoms with E-state index in [0.717, 1.165) is 29.0 Å². The predicted molar refractivity (Wildman–Crippen MR) is 66.3 cm³/mol. The van der Waals surface area contributed by atoms with Crippen molar-refractivity contribution < 1.29 is 0 Å². The second kappa shape index (κ2) is 3.51. The molecule has 0 spiro atoms. The van der Waals surface area contributed by atoms with E-state index in [2.05, 4.69) is 58.7 Å². The van der Waals surface area contributed by atoms with Gasteiger partial charge in [0.25, 0.3) is 0 Å². The van der Waals surface area contributed by atoms with E-state index in [1.165, 1.54) is 0 Å². The zero-order valence-corrected chi connectivity index (χ0v) is 11.3. The minimum atomic E-state index is 0.0914. The average molecular weight is 272 g/mol. The molecule has 84 valence electrons. The SMILES string of the molecule is CC1CCn2nc(C(C)(C)C)c(Br)c2N1. The number of halogens is 1. The third-order valence-electron chi connectivity index (χ3n) is 2.76. The van der Waals surface area contributed by atoms with Gasteiger partial charge in [0.15, 0.2) is 0 Å². The summed E-state index contributed by atoms with van der Waals surface area (Å²) >= 11 is 3.65. The highest BCUT2D eigenvalue weighted by Gasteiger charge is 2.27. The van der Waals surface area contributed by atoms with Crippen LogP contribution in [0.25, 0.3) is 0 Å². The Morgan fingerprint density at radius 3 is 2.73 bits per heavy atom. The van der Waals surface area contributed by atoms with Crippen molar-refractivity contribution in [2.24, 2.45) is 0 Å². The van der Waals surface area contributed by atoms with E-state index in [1.54, 1.807) is 0 Å². The largest absolute Gasteiger partial charge is 0.367 e. The molecule has 0 bridgehead atoms. The molecule has 1 unspecified atom stereocenters. The van der Waals surface area contributed by atoms with Gasteiger partial charge in [0.1, 0.15) is 5.82 Å². The Balaban J connectivity index is 2.46. The van der Waals surface area contributed by atoms with E-state index < -0.39 is 0 Å². The lowest BCUT2D eigenvalue weighted by atomic mass is 9.92. The molecule has 0 fully saturated rings. The normalized spacial score (nSPS) is 21.0. The van der Waals surface area contributed by atoms with Crippen LogP contribution in [0.5, 0.6) is 0 Å². The van der Waals surface area contributed by atoms with Crippen LogP contribution in [0.3, 0.4) is 0 Å². The summed E-state index contributed by atoms with van der Waals surface area (Å²) in [6.07, 6.45) is 1.14. The molecule has 0 saturated carbocycles. The maximum atomic E-state index is 4.66. The van der Waals surface area contributed by atoms with Gasteiger partial charge in [0.05, 0.1) is 10.2 Å². The molecule has 2 rings (SSSR count). The summed E-state index contributed by atoms with van der Waals surface area (Å²) in [6, 6.07) is 0.540. The van der Waals surface area contributed by atoms with E-state index in [9.17, 15) is 0 Å². The van der Waals surface area contributed by atoms with Crippen molar-refractivity contribution in [3.8, 4) is 0 Å². The fourth-order valence-electron chi connectivity index (χ4n) is 1.84. The molecule has 1 aliphatic heterocycles. The summed E-state index contributed by atoms with van der Waals surface area (Å²) in [5.74, 6) is 1.14. The Morgan fingerprint density at radius 2 is 2.13 bits per heavy atom. The van der Waals surface area contributed by atoms with Crippen molar-refractivity contribution in [1.29, 1.82) is 0 Å². The topological polar surface area (TPSA) is 29.9 Å². The quantitative estimate of drug-likeness (QED) is 0.786. The zero-order chi connectivity index (χ0) is 11.2. The summed E-state index contributed by atoms with van der Waals surface area (Å²) < 4.78 is 3.20. The summed E-state index contributed by atoms with van der Waals surface area (Å²) in [4.78, 5) is 0. The van der Waals surface area contributed by atoms with Crippen LogP contribution < -0.4 is 5.32 Å². The fourth-order valence-corrected chi connectivity index (χ4v) is 2.83. The third kappa shape index (κ3) is 1.92. The van der Waals surface area contributed by atoms with Crippen molar-refractivity contribution in [2.75, 3.05) is 5.32 Å². The second-order valence-corrected chi connectivity index (χ2v) is 6.11.